The SMILES string of the molecule is CC(C)CCNC(N)=NCCCCn1ccccc1=O.I. The molecule has 0 aromatic carbocycles. The molecule has 0 bridgehead atoms. The molecule has 1 aromatic rings. The van der Waals surface area contributed by atoms with Crippen molar-refractivity contribution in [1.82, 2.24) is 9.88 Å². The van der Waals surface area contributed by atoms with Gasteiger partial charge in [0.25, 0.3) is 0 Å². The van der Waals surface area contributed by atoms with Gasteiger partial charge in [0.05, 0.1) is 0 Å². The quantitative estimate of drug-likeness (QED) is 0.301. The molecule has 21 heavy (non-hydrogen) atoms. The molecule has 120 valence electrons. The summed E-state index contributed by atoms with van der Waals surface area (Å²) in [5.74, 6) is 1.18. The standard InChI is InChI=1S/C15H26N4O.HI/c1-13(2)8-10-18-15(16)17-9-4-6-12-19-11-5-3-7-14(19)20;/h3,5,7,11,13H,4,6,8-10,12H2,1-2H3,(H3,16,17,18);1H. The molecule has 5 nitrogen and oxygen atoms in total. The maximum atomic E-state index is 11.5. The lowest BCUT2D eigenvalue weighted by atomic mass is 10.1. The normalized spacial score (nSPS) is 11.3. The van der Waals surface area contributed by atoms with Crippen LogP contribution in [0, 0.1) is 5.92 Å². The van der Waals surface area contributed by atoms with Crippen LogP contribution >= 0.6 is 24.0 Å². The largest absolute Gasteiger partial charge is 0.370 e. The van der Waals surface area contributed by atoms with E-state index in [1.165, 1.54) is 0 Å². The van der Waals surface area contributed by atoms with Crippen molar-refractivity contribution in [2.24, 2.45) is 16.6 Å². The van der Waals surface area contributed by atoms with Crippen LogP contribution in [0.4, 0.5) is 0 Å². The maximum absolute atomic E-state index is 11.5. The van der Waals surface area contributed by atoms with Gasteiger partial charge in [-0.2, -0.15) is 0 Å². The van der Waals surface area contributed by atoms with E-state index < -0.39 is 0 Å². The Kier molecular flexibility index (Phi) is 11.0. The highest BCUT2D eigenvalue weighted by Crippen LogP contribution is 1.96. The third kappa shape index (κ3) is 9.49. The molecular weight excluding hydrogens is 379 g/mol. The molecule has 1 rings (SSSR count). The highest BCUT2D eigenvalue weighted by molar-refractivity contribution is 14.0. The van der Waals surface area contributed by atoms with Gasteiger partial charge >= 0.3 is 0 Å². The van der Waals surface area contributed by atoms with Gasteiger partial charge in [-0.3, -0.25) is 9.79 Å². The molecule has 0 saturated carbocycles. The maximum Gasteiger partial charge on any atom is 0.250 e. The fraction of sp³-hybridized carbons (Fsp3) is 0.600. The number of nitrogens with two attached hydrogens (primary N) is 1. The number of nitrogens with zero attached hydrogens (tertiary/aromatic N) is 2. The minimum atomic E-state index is 0. The van der Waals surface area contributed by atoms with Crippen molar-refractivity contribution >= 4 is 29.9 Å². The van der Waals surface area contributed by atoms with Crippen LogP contribution < -0.4 is 16.6 Å². The molecule has 0 spiro atoms. The van der Waals surface area contributed by atoms with Gasteiger partial charge in [-0.25, -0.2) is 0 Å². The zero-order chi connectivity index (χ0) is 14.8. The number of aliphatic imine (C=N–C) groups is 1. The van der Waals surface area contributed by atoms with Gasteiger partial charge in [0.2, 0.25) is 5.56 Å². The van der Waals surface area contributed by atoms with Crippen LogP contribution in [0.3, 0.4) is 0 Å². The fourth-order valence-corrected chi connectivity index (χ4v) is 1.78. The minimum Gasteiger partial charge on any atom is -0.370 e. The number of rotatable bonds is 8. The van der Waals surface area contributed by atoms with Gasteiger partial charge in [0.1, 0.15) is 0 Å². The number of nitrogens with one attached hydrogen (secondary N) is 1. The highest BCUT2D eigenvalue weighted by atomic mass is 127. The molecule has 0 aliphatic rings. The Balaban J connectivity index is 0.00000400. The third-order valence-electron chi connectivity index (χ3n) is 3.02. The van der Waals surface area contributed by atoms with Gasteiger partial charge in [-0.05, 0) is 31.2 Å². The summed E-state index contributed by atoms with van der Waals surface area (Å²) in [6, 6.07) is 5.21. The summed E-state index contributed by atoms with van der Waals surface area (Å²) in [7, 11) is 0. The van der Waals surface area contributed by atoms with Gasteiger partial charge in [-0.15, -0.1) is 24.0 Å². The van der Waals surface area contributed by atoms with Crippen molar-refractivity contribution in [3.05, 3.63) is 34.7 Å². The first-order chi connectivity index (χ1) is 9.59. The summed E-state index contributed by atoms with van der Waals surface area (Å²) < 4.78 is 1.72. The third-order valence-corrected chi connectivity index (χ3v) is 3.02. The van der Waals surface area contributed by atoms with E-state index >= 15 is 0 Å². The van der Waals surface area contributed by atoms with E-state index in [-0.39, 0.29) is 29.5 Å². The molecule has 0 saturated heterocycles. The monoisotopic (exact) mass is 406 g/mol. The molecule has 0 atom stereocenters. The smallest absolute Gasteiger partial charge is 0.250 e. The van der Waals surface area contributed by atoms with E-state index in [1.54, 1.807) is 16.7 Å². The molecule has 0 radical (unpaired) electrons. The van der Waals surface area contributed by atoms with Crippen LogP contribution in [0.25, 0.3) is 0 Å². The Morgan fingerprint density at radius 3 is 2.81 bits per heavy atom. The van der Waals surface area contributed by atoms with E-state index in [1.807, 2.05) is 12.3 Å². The number of hydrogen-bond donors (Lipinski definition) is 2. The average Bonchev–Trinajstić information content (AvgIpc) is 2.40. The highest BCUT2D eigenvalue weighted by Gasteiger charge is 1.96. The van der Waals surface area contributed by atoms with Crippen molar-refractivity contribution < 1.29 is 0 Å². The first kappa shape index (κ1) is 19.9. The summed E-state index contributed by atoms with van der Waals surface area (Å²) in [4.78, 5) is 15.7. The van der Waals surface area contributed by atoms with Crippen molar-refractivity contribution in [1.29, 1.82) is 0 Å². The predicted molar refractivity (Wildman–Crippen MR) is 99.3 cm³/mol. The zero-order valence-corrected chi connectivity index (χ0v) is 15.2. The molecule has 0 aliphatic carbocycles. The number of aryl methyl sites for hydroxylation is 1. The van der Waals surface area contributed by atoms with Gasteiger partial charge in [0.15, 0.2) is 5.96 Å². The average molecular weight is 406 g/mol. The van der Waals surface area contributed by atoms with Crippen LogP contribution in [0.5, 0.6) is 0 Å². The number of halogens is 1. The summed E-state index contributed by atoms with van der Waals surface area (Å²) in [6.45, 7) is 6.66. The number of hydrogen-bond acceptors (Lipinski definition) is 2. The predicted octanol–water partition coefficient (Wildman–Crippen LogP) is 2.20. The molecule has 3 N–H and O–H groups in total. The second-order valence-electron chi connectivity index (χ2n) is 5.32. The number of aromatic nitrogens is 1. The Bertz CT molecular complexity index is 471. The van der Waals surface area contributed by atoms with Crippen LogP contribution in [-0.4, -0.2) is 23.6 Å². The summed E-state index contributed by atoms with van der Waals surface area (Å²) >= 11 is 0. The van der Waals surface area contributed by atoms with E-state index in [2.05, 4.69) is 24.2 Å². The van der Waals surface area contributed by atoms with Crippen molar-refractivity contribution in [3.8, 4) is 0 Å². The van der Waals surface area contributed by atoms with E-state index in [9.17, 15) is 4.79 Å². The molecule has 0 unspecified atom stereocenters. The van der Waals surface area contributed by atoms with Crippen molar-refractivity contribution in [2.45, 2.75) is 39.7 Å². The molecule has 1 heterocycles. The van der Waals surface area contributed by atoms with Crippen LogP contribution in [0.1, 0.15) is 33.1 Å². The summed E-state index contributed by atoms with van der Waals surface area (Å²) in [6.07, 6.45) is 4.75. The fourth-order valence-electron chi connectivity index (χ4n) is 1.78. The summed E-state index contributed by atoms with van der Waals surface area (Å²) in [5, 5.41) is 3.10. The van der Waals surface area contributed by atoms with Gasteiger partial charge in [-0.1, -0.05) is 19.9 Å². The van der Waals surface area contributed by atoms with E-state index in [0.717, 1.165) is 32.4 Å². The lowest BCUT2D eigenvalue weighted by Gasteiger charge is -2.07. The number of pyridine rings is 1. The molecule has 0 fully saturated rings. The van der Waals surface area contributed by atoms with Crippen molar-refractivity contribution in [3.63, 3.8) is 0 Å². The lowest BCUT2D eigenvalue weighted by Crippen LogP contribution is -2.33. The van der Waals surface area contributed by atoms with Crippen LogP contribution in [0.15, 0.2) is 34.2 Å². The van der Waals surface area contributed by atoms with E-state index in [4.69, 9.17) is 5.73 Å². The Morgan fingerprint density at radius 2 is 2.14 bits per heavy atom. The Hall–Kier alpha value is -1.05. The number of guanidine groups is 1. The lowest BCUT2D eigenvalue weighted by molar-refractivity contribution is 0.575. The molecule has 0 amide bonds. The van der Waals surface area contributed by atoms with Crippen LogP contribution in [0.2, 0.25) is 0 Å². The molecular formula is C15H27IN4O. The van der Waals surface area contributed by atoms with Gasteiger partial charge in [0, 0.05) is 31.9 Å². The second kappa shape index (κ2) is 11.6. The van der Waals surface area contributed by atoms with Crippen LogP contribution in [-0.2, 0) is 6.54 Å². The number of unbranched alkanes of at least 4 members (excludes halogenated alkanes) is 1. The first-order valence-electron chi connectivity index (χ1n) is 7.29. The first-order valence-corrected chi connectivity index (χ1v) is 7.29. The topological polar surface area (TPSA) is 72.4 Å². The zero-order valence-electron chi connectivity index (χ0n) is 12.9. The second-order valence-corrected chi connectivity index (χ2v) is 5.32. The minimum absolute atomic E-state index is 0. The van der Waals surface area contributed by atoms with E-state index in [0.29, 0.717) is 18.4 Å². The molecule has 0 aliphatic heterocycles. The van der Waals surface area contributed by atoms with Gasteiger partial charge < -0.3 is 15.6 Å². The Labute approximate surface area is 144 Å². The molecule has 6 heteroatoms. The Morgan fingerprint density at radius 1 is 1.38 bits per heavy atom. The summed E-state index contributed by atoms with van der Waals surface area (Å²) in [5.41, 5.74) is 5.81. The molecule has 1 aromatic heterocycles. The van der Waals surface area contributed by atoms with Crippen molar-refractivity contribution in [2.75, 3.05) is 13.1 Å².